The SMILES string of the molecule is OC1CCCn2cc(Br)nc21. The molecule has 0 radical (unpaired) electrons. The minimum absolute atomic E-state index is 0.366. The molecule has 0 aliphatic carbocycles. The van der Waals surface area contributed by atoms with E-state index in [1.165, 1.54) is 0 Å². The van der Waals surface area contributed by atoms with E-state index < -0.39 is 0 Å². The first-order valence-corrected chi connectivity index (χ1v) is 4.47. The van der Waals surface area contributed by atoms with Gasteiger partial charge in [-0.3, -0.25) is 0 Å². The zero-order valence-corrected chi connectivity index (χ0v) is 7.58. The van der Waals surface area contributed by atoms with E-state index in [1.54, 1.807) is 0 Å². The van der Waals surface area contributed by atoms with Gasteiger partial charge in [0, 0.05) is 12.7 Å². The second kappa shape index (κ2) is 2.60. The van der Waals surface area contributed by atoms with E-state index in [9.17, 15) is 5.11 Å². The third-order valence-corrected chi connectivity index (χ3v) is 2.33. The lowest BCUT2D eigenvalue weighted by molar-refractivity contribution is 0.133. The van der Waals surface area contributed by atoms with Crippen LogP contribution >= 0.6 is 15.9 Å². The molecule has 60 valence electrons. The highest BCUT2D eigenvalue weighted by Crippen LogP contribution is 2.25. The van der Waals surface area contributed by atoms with E-state index in [0.29, 0.717) is 0 Å². The van der Waals surface area contributed by atoms with Crippen molar-refractivity contribution in [2.45, 2.75) is 25.5 Å². The number of nitrogens with zero attached hydrogens (tertiary/aromatic N) is 2. The van der Waals surface area contributed by atoms with Gasteiger partial charge in [-0.15, -0.1) is 0 Å². The molecule has 0 saturated carbocycles. The van der Waals surface area contributed by atoms with E-state index >= 15 is 0 Å². The van der Waals surface area contributed by atoms with E-state index in [1.807, 2.05) is 10.8 Å². The van der Waals surface area contributed by atoms with Crippen LogP contribution in [-0.4, -0.2) is 14.7 Å². The molecule has 1 aliphatic rings. The van der Waals surface area contributed by atoms with Crippen LogP contribution in [0.5, 0.6) is 0 Å². The van der Waals surface area contributed by atoms with Gasteiger partial charge < -0.3 is 9.67 Å². The molecule has 3 nitrogen and oxygen atoms in total. The molecule has 0 bridgehead atoms. The maximum Gasteiger partial charge on any atom is 0.139 e. The minimum atomic E-state index is -0.366. The molecule has 2 rings (SSSR count). The van der Waals surface area contributed by atoms with Gasteiger partial charge in [0.05, 0.1) is 0 Å². The van der Waals surface area contributed by atoms with Crippen LogP contribution in [0.25, 0.3) is 0 Å². The number of aliphatic hydroxyl groups is 1. The van der Waals surface area contributed by atoms with Gasteiger partial charge in [-0.1, -0.05) is 0 Å². The highest BCUT2D eigenvalue weighted by atomic mass is 79.9. The molecule has 0 aromatic carbocycles. The summed E-state index contributed by atoms with van der Waals surface area (Å²) in [5, 5.41) is 9.47. The van der Waals surface area contributed by atoms with Crippen LogP contribution in [0.2, 0.25) is 0 Å². The van der Waals surface area contributed by atoms with Crippen LogP contribution in [0, 0.1) is 0 Å². The number of halogens is 1. The third kappa shape index (κ3) is 1.20. The van der Waals surface area contributed by atoms with Crippen molar-refractivity contribution in [2.24, 2.45) is 0 Å². The lowest BCUT2D eigenvalue weighted by Crippen LogP contribution is -2.14. The topological polar surface area (TPSA) is 38.0 Å². The van der Waals surface area contributed by atoms with Crippen LogP contribution in [0.3, 0.4) is 0 Å². The second-order valence-electron chi connectivity index (χ2n) is 2.77. The van der Waals surface area contributed by atoms with Crippen molar-refractivity contribution in [3.05, 3.63) is 16.6 Å². The average Bonchev–Trinajstić information content (AvgIpc) is 2.31. The molecule has 1 aromatic rings. The van der Waals surface area contributed by atoms with Crippen LogP contribution < -0.4 is 0 Å². The van der Waals surface area contributed by atoms with Gasteiger partial charge in [-0.05, 0) is 28.8 Å². The molecule has 1 aliphatic heterocycles. The Hall–Kier alpha value is -0.350. The van der Waals surface area contributed by atoms with Crippen molar-refractivity contribution >= 4 is 15.9 Å². The van der Waals surface area contributed by atoms with Crippen molar-refractivity contribution in [2.75, 3.05) is 0 Å². The number of aliphatic hydroxyl groups excluding tert-OH is 1. The molecule has 0 fully saturated rings. The highest BCUT2D eigenvalue weighted by molar-refractivity contribution is 9.10. The summed E-state index contributed by atoms with van der Waals surface area (Å²) in [4.78, 5) is 4.16. The van der Waals surface area contributed by atoms with Gasteiger partial charge in [-0.25, -0.2) is 4.98 Å². The fraction of sp³-hybridized carbons (Fsp3) is 0.571. The number of rotatable bonds is 0. The predicted octanol–water partition coefficient (Wildman–Crippen LogP) is 1.47. The van der Waals surface area contributed by atoms with Crippen molar-refractivity contribution < 1.29 is 5.11 Å². The standard InChI is InChI=1S/C7H9BrN2O/c8-6-4-10-3-1-2-5(11)7(10)9-6/h4-5,11H,1-3H2. The van der Waals surface area contributed by atoms with Gasteiger partial charge in [0.25, 0.3) is 0 Å². The van der Waals surface area contributed by atoms with Crippen LogP contribution in [0.1, 0.15) is 24.8 Å². The maximum atomic E-state index is 9.47. The van der Waals surface area contributed by atoms with Crippen LogP contribution in [-0.2, 0) is 6.54 Å². The molecule has 1 N–H and O–H groups in total. The minimum Gasteiger partial charge on any atom is -0.385 e. The van der Waals surface area contributed by atoms with Crippen LogP contribution in [0.4, 0.5) is 0 Å². The predicted molar refractivity (Wildman–Crippen MR) is 44.1 cm³/mol. The summed E-state index contributed by atoms with van der Waals surface area (Å²) in [7, 11) is 0. The zero-order valence-electron chi connectivity index (χ0n) is 6.00. The quantitative estimate of drug-likeness (QED) is 0.714. The third-order valence-electron chi connectivity index (χ3n) is 1.95. The largest absolute Gasteiger partial charge is 0.385 e. The maximum absolute atomic E-state index is 9.47. The molecule has 4 heteroatoms. The Balaban J connectivity index is 2.43. The van der Waals surface area contributed by atoms with E-state index in [4.69, 9.17) is 0 Å². The lowest BCUT2D eigenvalue weighted by Gasteiger charge is -2.18. The van der Waals surface area contributed by atoms with Gasteiger partial charge in [0.2, 0.25) is 0 Å². The molecule has 1 unspecified atom stereocenters. The van der Waals surface area contributed by atoms with Gasteiger partial charge >= 0.3 is 0 Å². The smallest absolute Gasteiger partial charge is 0.139 e. The summed E-state index contributed by atoms with van der Waals surface area (Å²) >= 11 is 3.28. The normalized spacial score (nSPS) is 23.3. The molecule has 1 atom stereocenters. The number of hydrogen-bond donors (Lipinski definition) is 1. The molecule has 0 spiro atoms. The Morgan fingerprint density at radius 3 is 3.27 bits per heavy atom. The second-order valence-corrected chi connectivity index (χ2v) is 3.59. The monoisotopic (exact) mass is 216 g/mol. The van der Waals surface area contributed by atoms with Crippen molar-refractivity contribution in [1.29, 1.82) is 0 Å². The highest BCUT2D eigenvalue weighted by Gasteiger charge is 2.19. The van der Waals surface area contributed by atoms with E-state index in [2.05, 4.69) is 20.9 Å². The molecule has 0 saturated heterocycles. The van der Waals surface area contributed by atoms with Gasteiger partial charge in [-0.2, -0.15) is 0 Å². The number of aromatic nitrogens is 2. The fourth-order valence-corrected chi connectivity index (χ4v) is 1.86. The molecule has 11 heavy (non-hydrogen) atoms. The zero-order chi connectivity index (χ0) is 7.84. The summed E-state index contributed by atoms with van der Waals surface area (Å²) in [6.07, 6.45) is 3.42. The van der Waals surface area contributed by atoms with Gasteiger partial charge in [0.1, 0.15) is 16.5 Å². The number of aryl methyl sites for hydroxylation is 1. The summed E-state index contributed by atoms with van der Waals surface area (Å²) in [6.45, 7) is 0.977. The molecule has 0 amide bonds. The Kier molecular flexibility index (Phi) is 1.73. The van der Waals surface area contributed by atoms with Gasteiger partial charge in [0.15, 0.2) is 0 Å². The number of hydrogen-bond acceptors (Lipinski definition) is 2. The van der Waals surface area contributed by atoms with Crippen molar-refractivity contribution in [3.63, 3.8) is 0 Å². The first kappa shape index (κ1) is 7.31. The van der Waals surface area contributed by atoms with Crippen molar-refractivity contribution in [1.82, 2.24) is 9.55 Å². The van der Waals surface area contributed by atoms with E-state index in [0.717, 1.165) is 29.8 Å². The fourth-order valence-electron chi connectivity index (χ4n) is 1.43. The average molecular weight is 217 g/mol. The Morgan fingerprint density at radius 1 is 1.73 bits per heavy atom. The first-order chi connectivity index (χ1) is 5.27. The number of fused-ring (bicyclic) bond motifs is 1. The molecule has 2 heterocycles. The lowest BCUT2D eigenvalue weighted by atomic mass is 10.1. The summed E-state index contributed by atoms with van der Waals surface area (Å²) in [5.74, 6) is 0.795. The van der Waals surface area contributed by atoms with E-state index in [-0.39, 0.29) is 6.10 Å². The molecular formula is C7H9BrN2O. The summed E-state index contributed by atoms with van der Waals surface area (Å²) in [5.41, 5.74) is 0. The van der Waals surface area contributed by atoms with Crippen LogP contribution in [0.15, 0.2) is 10.8 Å². The molecular weight excluding hydrogens is 208 g/mol. The molecule has 1 aromatic heterocycles. The van der Waals surface area contributed by atoms with Crippen molar-refractivity contribution in [3.8, 4) is 0 Å². The first-order valence-electron chi connectivity index (χ1n) is 3.68. The Morgan fingerprint density at radius 2 is 2.55 bits per heavy atom. The summed E-state index contributed by atoms with van der Waals surface area (Å²) < 4.78 is 2.81. The summed E-state index contributed by atoms with van der Waals surface area (Å²) in [6, 6.07) is 0. The Bertz CT molecular complexity index is 271. The number of imidazole rings is 1. The Labute approximate surface area is 73.2 Å².